The van der Waals surface area contributed by atoms with Crippen LogP contribution < -0.4 is 15.4 Å². The third-order valence-corrected chi connectivity index (χ3v) is 5.97. The maximum absolute atomic E-state index is 13.7. The van der Waals surface area contributed by atoms with E-state index in [-0.39, 0.29) is 11.9 Å². The summed E-state index contributed by atoms with van der Waals surface area (Å²) in [6.45, 7) is 0.605. The van der Waals surface area contributed by atoms with Crippen LogP contribution in [-0.2, 0) is 6.54 Å². The SMILES string of the molecule is COc1ccc(F)cc1CNC1CC2CCCC2NC1c1ccccc1. The monoisotopic (exact) mass is 354 g/mol. The zero-order valence-electron chi connectivity index (χ0n) is 15.2. The minimum Gasteiger partial charge on any atom is -0.496 e. The van der Waals surface area contributed by atoms with Crippen LogP contribution in [0.3, 0.4) is 0 Å². The molecule has 0 radical (unpaired) electrons. The normalized spacial score (nSPS) is 27.9. The van der Waals surface area contributed by atoms with Crippen LogP contribution >= 0.6 is 0 Å². The van der Waals surface area contributed by atoms with Crippen LogP contribution in [0.1, 0.15) is 42.9 Å². The molecule has 4 heteroatoms. The summed E-state index contributed by atoms with van der Waals surface area (Å²) < 4.78 is 19.1. The van der Waals surface area contributed by atoms with E-state index in [2.05, 4.69) is 41.0 Å². The van der Waals surface area contributed by atoms with E-state index in [0.717, 1.165) is 23.7 Å². The minimum atomic E-state index is -0.222. The van der Waals surface area contributed by atoms with Crippen molar-refractivity contribution >= 4 is 0 Å². The van der Waals surface area contributed by atoms with E-state index in [1.165, 1.54) is 30.9 Å². The minimum absolute atomic E-state index is 0.222. The highest BCUT2D eigenvalue weighted by Crippen LogP contribution is 2.38. The number of halogens is 1. The molecular formula is C22H27FN2O. The molecule has 4 atom stereocenters. The van der Waals surface area contributed by atoms with Crippen molar-refractivity contribution in [2.45, 2.75) is 50.4 Å². The summed E-state index contributed by atoms with van der Waals surface area (Å²) in [5.41, 5.74) is 2.19. The van der Waals surface area contributed by atoms with Gasteiger partial charge in [-0.1, -0.05) is 36.8 Å². The Kier molecular flexibility index (Phi) is 5.23. The average Bonchev–Trinajstić information content (AvgIpc) is 3.14. The highest BCUT2D eigenvalue weighted by Gasteiger charge is 2.39. The van der Waals surface area contributed by atoms with Gasteiger partial charge in [-0.3, -0.25) is 0 Å². The Morgan fingerprint density at radius 3 is 2.81 bits per heavy atom. The van der Waals surface area contributed by atoms with E-state index in [0.29, 0.717) is 18.6 Å². The molecule has 2 aliphatic rings. The number of hydrogen-bond acceptors (Lipinski definition) is 3. The van der Waals surface area contributed by atoms with Gasteiger partial charge in [0.1, 0.15) is 11.6 Å². The van der Waals surface area contributed by atoms with Gasteiger partial charge in [0, 0.05) is 30.2 Å². The zero-order chi connectivity index (χ0) is 17.9. The maximum atomic E-state index is 13.7. The molecule has 0 spiro atoms. The molecule has 0 amide bonds. The number of rotatable bonds is 5. The lowest BCUT2D eigenvalue weighted by atomic mass is 9.83. The summed E-state index contributed by atoms with van der Waals surface area (Å²) in [5.74, 6) is 1.25. The Morgan fingerprint density at radius 1 is 1.15 bits per heavy atom. The predicted molar refractivity (Wildman–Crippen MR) is 102 cm³/mol. The van der Waals surface area contributed by atoms with E-state index in [1.807, 2.05) is 0 Å². The molecule has 2 N–H and O–H groups in total. The molecule has 4 rings (SSSR count). The van der Waals surface area contributed by atoms with E-state index in [4.69, 9.17) is 4.74 Å². The lowest BCUT2D eigenvalue weighted by Crippen LogP contribution is -2.52. The Bertz CT molecular complexity index is 736. The van der Waals surface area contributed by atoms with Crippen LogP contribution in [0.2, 0.25) is 0 Å². The Hall–Kier alpha value is -1.91. The van der Waals surface area contributed by atoms with Gasteiger partial charge in [-0.25, -0.2) is 4.39 Å². The second kappa shape index (κ2) is 7.77. The molecular weight excluding hydrogens is 327 g/mol. The summed E-state index contributed by atoms with van der Waals surface area (Å²) in [5, 5.41) is 7.58. The van der Waals surface area contributed by atoms with Crippen LogP contribution in [0.5, 0.6) is 5.75 Å². The Morgan fingerprint density at radius 2 is 2.00 bits per heavy atom. The van der Waals surface area contributed by atoms with Crippen LogP contribution in [0, 0.1) is 11.7 Å². The molecule has 26 heavy (non-hydrogen) atoms. The van der Waals surface area contributed by atoms with Crippen LogP contribution in [0.25, 0.3) is 0 Å². The van der Waals surface area contributed by atoms with Crippen molar-refractivity contribution in [1.29, 1.82) is 0 Å². The standard InChI is InChI=1S/C22H27FN2O/c1-26-21-11-10-18(23)12-17(21)14-24-20-13-16-8-5-9-19(16)25-22(20)15-6-3-2-4-7-15/h2-4,6-7,10-12,16,19-20,22,24-25H,5,8-9,13-14H2,1H3. The Labute approximate surface area is 155 Å². The first-order valence-corrected chi connectivity index (χ1v) is 9.61. The third kappa shape index (κ3) is 3.62. The van der Waals surface area contributed by atoms with Crippen molar-refractivity contribution in [3.05, 3.63) is 65.5 Å². The average molecular weight is 354 g/mol. The van der Waals surface area contributed by atoms with Gasteiger partial charge in [-0.05, 0) is 48.9 Å². The number of piperidine rings is 1. The van der Waals surface area contributed by atoms with Crippen LogP contribution in [0.15, 0.2) is 48.5 Å². The molecule has 1 aliphatic heterocycles. The number of nitrogens with one attached hydrogen (secondary N) is 2. The quantitative estimate of drug-likeness (QED) is 0.844. The molecule has 2 aromatic rings. The van der Waals surface area contributed by atoms with Crippen molar-refractivity contribution in [1.82, 2.24) is 10.6 Å². The van der Waals surface area contributed by atoms with Crippen molar-refractivity contribution < 1.29 is 9.13 Å². The molecule has 1 heterocycles. The first kappa shape index (κ1) is 17.5. The highest BCUT2D eigenvalue weighted by molar-refractivity contribution is 5.34. The van der Waals surface area contributed by atoms with Gasteiger partial charge in [0.15, 0.2) is 0 Å². The van der Waals surface area contributed by atoms with E-state index in [1.54, 1.807) is 19.2 Å². The van der Waals surface area contributed by atoms with Crippen molar-refractivity contribution in [3.63, 3.8) is 0 Å². The number of hydrogen-bond donors (Lipinski definition) is 2. The Balaban J connectivity index is 1.53. The lowest BCUT2D eigenvalue weighted by Gasteiger charge is -2.41. The number of methoxy groups -OCH3 is 1. The molecule has 2 aromatic carbocycles. The summed E-state index contributed by atoms with van der Waals surface area (Å²) in [4.78, 5) is 0. The van der Waals surface area contributed by atoms with Crippen LogP contribution in [0.4, 0.5) is 4.39 Å². The molecule has 3 nitrogen and oxygen atoms in total. The predicted octanol–water partition coefficient (Wildman–Crippen LogP) is 4.20. The molecule has 0 bridgehead atoms. The molecule has 1 aliphatic carbocycles. The van der Waals surface area contributed by atoms with Gasteiger partial charge in [-0.2, -0.15) is 0 Å². The summed E-state index contributed by atoms with van der Waals surface area (Å²) in [7, 11) is 1.63. The summed E-state index contributed by atoms with van der Waals surface area (Å²) in [6, 6.07) is 16.6. The van der Waals surface area contributed by atoms with E-state index >= 15 is 0 Å². The van der Waals surface area contributed by atoms with E-state index in [9.17, 15) is 4.39 Å². The largest absolute Gasteiger partial charge is 0.496 e. The molecule has 1 saturated carbocycles. The van der Waals surface area contributed by atoms with Crippen molar-refractivity contribution in [2.24, 2.45) is 5.92 Å². The topological polar surface area (TPSA) is 33.3 Å². The van der Waals surface area contributed by atoms with Gasteiger partial charge >= 0.3 is 0 Å². The fourth-order valence-electron chi connectivity index (χ4n) is 4.66. The van der Waals surface area contributed by atoms with E-state index < -0.39 is 0 Å². The van der Waals surface area contributed by atoms with Crippen molar-refractivity contribution in [3.8, 4) is 5.75 Å². The first-order valence-electron chi connectivity index (χ1n) is 9.61. The van der Waals surface area contributed by atoms with Gasteiger partial charge in [0.25, 0.3) is 0 Å². The van der Waals surface area contributed by atoms with Gasteiger partial charge in [-0.15, -0.1) is 0 Å². The molecule has 1 saturated heterocycles. The summed E-state index contributed by atoms with van der Waals surface area (Å²) >= 11 is 0. The fraction of sp³-hybridized carbons (Fsp3) is 0.455. The zero-order valence-corrected chi connectivity index (χ0v) is 15.2. The lowest BCUT2D eigenvalue weighted by molar-refractivity contribution is 0.201. The molecule has 138 valence electrons. The fourth-order valence-corrected chi connectivity index (χ4v) is 4.66. The number of fused-ring (bicyclic) bond motifs is 1. The van der Waals surface area contributed by atoms with Crippen molar-refractivity contribution in [2.75, 3.05) is 7.11 Å². The second-order valence-electron chi connectivity index (χ2n) is 7.53. The third-order valence-electron chi connectivity index (χ3n) is 5.97. The molecule has 0 aromatic heterocycles. The first-order chi connectivity index (χ1) is 12.7. The summed E-state index contributed by atoms with van der Waals surface area (Å²) in [6.07, 6.45) is 5.06. The smallest absolute Gasteiger partial charge is 0.123 e. The number of benzene rings is 2. The number of ether oxygens (including phenoxy) is 1. The van der Waals surface area contributed by atoms with Crippen LogP contribution in [-0.4, -0.2) is 19.2 Å². The van der Waals surface area contributed by atoms with Gasteiger partial charge in [0.05, 0.1) is 7.11 Å². The maximum Gasteiger partial charge on any atom is 0.123 e. The van der Waals surface area contributed by atoms with Gasteiger partial charge < -0.3 is 15.4 Å². The molecule has 2 fully saturated rings. The van der Waals surface area contributed by atoms with Gasteiger partial charge in [0.2, 0.25) is 0 Å². The second-order valence-corrected chi connectivity index (χ2v) is 7.53. The highest BCUT2D eigenvalue weighted by atomic mass is 19.1. The molecule has 4 unspecified atom stereocenters.